The summed E-state index contributed by atoms with van der Waals surface area (Å²) in [5, 5.41) is 9.45. The van der Waals surface area contributed by atoms with Gasteiger partial charge in [-0.1, -0.05) is 11.6 Å². The topological polar surface area (TPSA) is 59.3 Å². The van der Waals surface area contributed by atoms with E-state index in [2.05, 4.69) is 0 Å². The average molecular weight is 310 g/mol. The van der Waals surface area contributed by atoms with Crippen LogP contribution in [0.3, 0.4) is 0 Å². The van der Waals surface area contributed by atoms with Crippen LogP contribution < -0.4 is 5.56 Å². The van der Waals surface area contributed by atoms with Crippen molar-refractivity contribution in [3.63, 3.8) is 0 Å². The van der Waals surface area contributed by atoms with E-state index in [0.29, 0.717) is 21.8 Å². The molecule has 2 rings (SSSR count). The number of aromatic carboxylic acids is 1. The molecule has 6 heteroatoms. The number of carboxylic acids is 1. The second-order valence-corrected chi connectivity index (χ2v) is 5.18. The monoisotopic (exact) mass is 309 g/mol. The molecular weight excluding hydrogens is 297 g/mol. The number of hydrogen-bond donors (Lipinski definition) is 1. The van der Waals surface area contributed by atoms with E-state index in [1.807, 2.05) is 0 Å². The Morgan fingerprint density at radius 1 is 1.33 bits per heavy atom. The van der Waals surface area contributed by atoms with Crippen LogP contribution in [-0.4, -0.2) is 15.6 Å². The zero-order valence-corrected chi connectivity index (χ0v) is 12.2. The molecule has 1 N–H and O–H groups in total. The van der Waals surface area contributed by atoms with Gasteiger partial charge in [0, 0.05) is 10.7 Å². The third-order valence-corrected chi connectivity index (χ3v) is 3.62. The zero-order chi connectivity index (χ0) is 15.7. The van der Waals surface area contributed by atoms with Crippen LogP contribution in [0.1, 0.15) is 27.2 Å². The molecule has 1 heterocycles. The number of nitrogens with zero attached hydrogens (tertiary/aromatic N) is 1. The van der Waals surface area contributed by atoms with Gasteiger partial charge in [0.1, 0.15) is 11.4 Å². The van der Waals surface area contributed by atoms with Crippen LogP contribution in [0.2, 0.25) is 5.02 Å². The number of aromatic nitrogens is 1. The van der Waals surface area contributed by atoms with Crippen LogP contribution in [0, 0.1) is 19.7 Å². The van der Waals surface area contributed by atoms with Gasteiger partial charge >= 0.3 is 5.97 Å². The molecule has 4 nitrogen and oxygen atoms in total. The third kappa shape index (κ3) is 2.97. The third-order valence-electron chi connectivity index (χ3n) is 3.25. The highest BCUT2D eigenvalue weighted by Gasteiger charge is 2.17. The quantitative estimate of drug-likeness (QED) is 0.948. The summed E-state index contributed by atoms with van der Waals surface area (Å²) in [4.78, 5) is 23.5. The summed E-state index contributed by atoms with van der Waals surface area (Å²) in [5.41, 5.74) is 0.491. The highest BCUT2D eigenvalue weighted by atomic mass is 35.5. The van der Waals surface area contributed by atoms with E-state index in [1.165, 1.54) is 22.8 Å². The molecule has 110 valence electrons. The summed E-state index contributed by atoms with van der Waals surface area (Å²) in [5.74, 6) is -1.75. The fourth-order valence-electron chi connectivity index (χ4n) is 2.22. The van der Waals surface area contributed by atoms with Crippen molar-refractivity contribution in [2.75, 3.05) is 0 Å². The number of aryl methyl sites for hydroxylation is 2. The van der Waals surface area contributed by atoms with Crippen LogP contribution in [0.25, 0.3) is 0 Å². The Balaban J connectivity index is 2.60. The fourth-order valence-corrected chi connectivity index (χ4v) is 2.40. The second-order valence-electron chi connectivity index (χ2n) is 4.78. The molecule has 0 unspecified atom stereocenters. The Morgan fingerprint density at radius 3 is 2.62 bits per heavy atom. The van der Waals surface area contributed by atoms with Gasteiger partial charge in [0.15, 0.2) is 0 Å². The molecule has 0 saturated heterocycles. The van der Waals surface area contributed by atoms with Gasteiger partial charge in [0.25, 0.3) is 5.56 Å². The molecule has 0 aliphatic heterocycles. The fraction of sp³-hybridized carbons (Fsp3) is 0.200. The molecule has 0 aliphatic rings. The second kappa shape index (κ2) is 5.69. The maximum atomic E-state index is 13.3. The molecule has 0 atom stereocenters. The van der Waals surface area contributed by atoms with E-state index < -0.39 is 17.3 Å². The number of benzene rings is 1. The SMILES string of the molecule is Cc1cc(C)n(Cc2cc(F)ccc2Cl)c(=O)c1C(=O)O. The van der Waals surface area contributed by atoms with Crippen LogP contribution in [0.5, 0.6) is 0 Å². The van der Waals surface area contributed by atoms with Crippen molar-refractivity contribution in [2.24, 2.45) is 0 Å². The van der Waals surface area contributed by atoms with Crippen molar-refractivity contribution in [2.45, 2.75) is 20.4 Å². The summed E-state index contributed by atoms with van der Waals surface area (Å²) in [6.07, 6.45) is 0. The number of halogens is 2. The summed E-state index contributed by atoms with van der Waals surface area (Å²) < 4.78 is 14.6. The Labute approximate surface area is 125 Å². The number of carboxylic acid groups (broad SMARTS) is 1. The minimum Gasteiger partial charge on any atom is -0.477 e. The lowest BCUT2D eigenvalue weighted by Crippen LogP contribution is -2.29. The molecule has 1 aromatic heterocycles. The maximum absolute atomic E-state index is 13.3. The lowest BCUT2D eigenvalue weighted by molar-refractivity contribution is 0.0693. The van der Waals surface area contributed by atoms with Gasteiger partial charge in [0.05, 0.1) is 6.54 Å². The Kier molecular flexibility index (Phi) is 4.14. The van der Waals surface area contributed by atoms with E-state index in [0.717, 1.165) is 0 Å². The predicted octanol–water partition coefficient (Wildman–Crippen LogP) is 3.00. The molecule has 0 radical (unpaired) electrons. The molecule has 0 bridgehead atoms. The first-order valence-corrected chi connectivity index (χ1v) is 6.57. The van der Waals surface area contributed by atoms with Crippen LogP contribution in [0.4, 0.5) is 4.39 Å². The Bertz CT molecular complexity index is 783. The van der Waals surface area contributed by atoms with Gasteiger partial charge < -0.3 is 9.67 Å². The Morgan fingerprint density at radius 2 is 2.00 bits per heavy atom. The number of carbonyl (C=O) groups is 1. The zero-order valence-electron chi connectivity index (χ0n) is 11.5. The van der Waals surface area contributed by atoms with Gasteiger partial charge in [-0.3, -0.25) is 4.79 Å². The first-order chi connectivity index (χ1) is 9.81. The summed E-state index contributed by atoms with van der Waals surface area (Å²) in [6, 6.07) is 5.46. The predicted molar refractivity (Wildman–Crippen MR) is 77.6 cm³/mol. The minimum atomic E-state index is -1.28. The lowest BCUT2D eigenvalue weighted by atomic mass is 10.1. The van der Waals surface area contributed by atoms with Gasteiger partial charge in [0.2, 0.25) is 0 Å². The molecule has 0 spiro atoms. The lowest BCUT2D eigenvalue weighted by Gasteiger charge is -2.14. The number of rotatable bonds is 3. The molecule has 0 fully saturated rings. The largest absolute Gasteiger partial charge is 0.477 e. The highest BCUT2D eigenvalue weighted by Crippen LogP contribution is 2.19. The van der Waals surface area contributed by atoms with Crippen molar-refractivity contribution in [1.82, 2.24) is 4.57 Å². The van der Waals surface area contributed by atoms with Gasteiger partial charge in [-0.2, -0.15) is 0 Å². The smallest absolute Gasteiger partial charge is 0.341 e. The van der Waals surface area contributed by atoms with Crippen LogP contribution in [-0.2, 0) is 6.54 Å². The van der Waals surface area contributed by atoms with Crippen molar-refractivity contribution >= 4 is 17.6 Å². The molecule has 0 aliphatic carbocycles. The standard InChI is InChI=1S/C15H13ClFNO3/c1-8-5-9(2)18(14(19)13(8)15(20)21)7-10-6-11(17)3-4-12(10)16/h3-6H,7H2,1-2H3,(H,20,21). The molecule has 0 saturated carbocycles. The van der Waals surface area contributed by atoms with E-state index >= 15 is 0 Å². The van der Waals surface area contributed by atoms with Crippen LogP contribution >= 0.6 is 11.6 Å². The van der Waals surface area contributed by atoms with Gasteiger partial charge in [-0.05, 0) is 49.2 Å². The summed E-state index contributed by atoms with van der Waals surface area (Å²) >= 11 is 5.99. The molecule has 21 heavy (non-hydrogen) atoms. The summed E-state index contributed by atoms with van der Waals surface area (Å²) in [7, 11) is 0. The normalized spacial score (nSPS) is 10.7. The van der Waals surface area contributed by atoms with Gasteiger partial charge in [-0.15, -0.1) is 0 Å². The number of pyridine rings is 1. The summed E-state index contributed by atoms with van der Waals surface area (Å²) in [6.45, 7) is 3.27. The maximum Gasteiger partial charge on any atom is 0.341 e. The van der Waals surface area contributed by atoms with Crippen LogP contribution in [0.15, 0.2) is 29.1 Å². The molecule has 0 amide bonds. The highest BCUT2D eigenvalue weighted by molar-refractivity contribution is 6.31. The molecular formula is C15H13ClFNO3. The first-order valence-electron chi connectivity index (χ1n) is 6.19. The Hall–Kier alpha value is -2.14. The van der Waals surface area contributed by atoms with Crippen molar-refractivity contribution in [3.05, 3.63) is 67.8 Å². The van der Waals surface area contributed by atoms with Crippen molar-refractivity contribution in [3.8, 4) is 0 Å². The van der Waals surface area contributed by atoms with E-state index in [-0.39, 0.29) is 12.1 Å². The van der Waals surface area contributed by atoms with E-state index in [1.54, 1.807) is 19.9 Å². The van der Waals surface area contributed by atoms with E-state index in [4.69, 9.17) is 16.7 Å². The van der Waals surface area contributed by atoms with Crippen molar-refractivity contribution in [1.29, 1.82) is 0 Å². The van der Waals surface area contributed by atoms with Gasteiger partial charge in [-0.25, -0.2) is 9.18 Å². The average Bonchev–Trinajstić information content (AvgIpc) is 2.37. The van der Waals surface area contributed by atoms with Crippen molar-refractivity contribution < 1.29 is 14.3 Å². The minimum absolute atomic E-state index is 0.0157. The first kappa shape index (κ1) is 15.3. The number of hydrogen-bond acceptors (Lipinski definition) is 2. The van der Waals surface area contributed by atoms with E-state index in [9.17, 15) is 14.0 Å². The molecule has 1 aromatic carbocycles. The molecule has 2 aromatic rings.